The van der Waals surface area contributed by atoms with Gasteiger partial charge in [-0.1, -0.05) is 13.8 Å². The molecule has 2 N–H and O–H groups in total. The van der Waals surface area contributed by atoms with Crippen molar-refractivity contribution in [3.05, 3.63) is 0 Å². The third kappa shape index (κ3) is 23.2. The Kier molecular flexibility index (Phi) is 21.8. The molecule has 1 amide bonds. The Bertz CT molecular complexity index is 344. The number of ether oxygens (including phenoxy) is 6. The molecule has 0 aromatic carbocycles. The van der Waals surface area contributed by atoms with Gasteiger partial charge in [-0.2, -0.15) is 0 Å². The van der Waals surface area contributed by atoms with E-state index >= 15 is 0 Å². The van der Waals surface area contributed by atoms with Crippen LogP contribution >= 0.6 is 0 Å². The van der Waals surface area contributed by atoms with Crippen molar-refractivity contribution in [3.63, 3.8) is 0 Å². The number of carbonyl (C=O) groups excluding carboxylic acids is 1. The lowest BCUT2D eigenvalue weighted by molar-refractivity contribution is -0.126. The quantitative estimate of drug-likeness (QED) is 0.251. The van der Waals surface area contributed by atoms with Crippen LogP contribution in [0.5, 0.6) is 0 Å². The maximum atomic E-state index is 11.6. The minimum absolute atomic E-state index is 0. The Hall–Kier alpha value is -0.810. The molecule has 0 atom stereocenters. The normalized spacial score (nSPS) is 11.3. The van der Waals surface area contributed by atoms with Crippen LogP contribution in [0, 0.1) is 0 Å². The van der Waals surface area contributed by atoms with Gasteiger partial charge < -0.3 is 39.1 Å². The second-order valence-corrected chi connectivity index (χ2v) is 6.16. The van der Waals surface area contributed by atoms with E-state index in [-0.39, 0.29) is 15.4 Å². The van der Waals surface area contributed by atoms with Crippen LogP contribution in [0.1, 0.15) is 23.6 Å². The monoisotopic (exact) mass is 412 g/mol. The van der Waals surface area contributed by atoms with Crippen LogP contribution in [0.4, 0.5) is 0 Å². The van der Waals surface area contributed by atoms with Crippen LogP contribution in [-0.4, -0.2) is 104 Å². The van der Waals surface area contributed by atoms with Gasteiger partial charge in [-0.25, -0.2) is 0 Å². The van der Waals surface area contributed by atoms with Crippen LogP contribution in [-0.2, 0) is 33.2 Å². The fraction of sp³-hybridized carbons (Fsp3) is 0.947. The fourth-order valence-corrected chi connectivity index (χ4v) is 1.92. The Morgan fingerprint density at radius 3 is 1.71 bits per heavy atom. The lowest BCUT2D eigenvalue weighted by Crippen LogP contribution is -2.31. The summed E-state index contributed by atoms with van der Waals surface area (Å²) in [4.78, 5) is 11.6. The molecule has 0 fully saturated rings. The SMILES string of the molecule is CCOCCOCCOCCOCC(=O)NCCOCCOCCNC(C)C.[HH].[HH]. The van der Waals surface area contributed by atoms with Crippen molar-refractivity contribution in [2.75, 3.05) is 92.4 Å². The molecule has 0 heterocycles. The summed E-state index contributed by atoms with van der Waals surface area (Å²) in [5.41, 5.74) is 0. The fourth-order valence-electron chi connectivity index (χ4n) is 1.92. The summed E-state index contributed by atoms with van der Waals surface area (Å²) >= 11 is 0. The molecule has 0 radical (unpaired) electrons. The number of rotatable bonds is 22. The summed E-state index contributed by atoms with van der Waals surface area (Å²) in [7, 11) is 0. The number of hydrogen-bond donors (Lipinski definition) is 2. The van der Waals surface area contributed by atoms with Crippen LogP contribution in [0.15, 0.2) is 0 Å². The van der Waals surface area contributed by atoms with Crippen LogP contribution in [0.25, 0.3) is 0 Å². The second-order valence-electron chi connectivity index (χ2n) is 6.16. The van der Waals surface area contributed by atoms with Crippen molar-refractivity contribution in [2.45, 2.75) is 26.8 Å². The summed E-state index contributed by atoms with van der Waals surface area (Å²) in [6.45, 7) is 13.3. The van der Waals surface area contributed by atoms with Gasteiger partial charge in [-0.05, 0) is 6.92 Å². The molecule has 0 unspecified atom stereocenters. The lowest BCUT2D eigenvalue weighted by atomic mass is 10.4. The molecular formula is C19H44N2O7. The highest BCUT2D eigenvalue weighted by Gasteiger charge is 2.01. The highest BCUT2D eigenvalue weighted by molar-refractivity contribution is 5.77. The molecule has 0 aromatic rings. The molecule has 0 aromatic heterocycles. The Balaban J connectivity index is -0.00000364. The summed E-state index contributed by atoms with van der Waals surface area (Å²) < 4.78 is 31.8. The average molecular weight is 413 g/mol. The molecule has 0 aliphatic carbocycles. The van der Waals surface area contributed by atoms with E-state index in [0.29, 0.717) is 85.3 Å². The first-order valence-corrected chi connectivity index (χ1v) is 10.1. The van der Waals surface area contributed by atoms with Crippen LogP contribution in [0.2, 0.25) is 0 Å². The Morgan fingerprint density at radius 1 is 0.714 bits per heavy atom. The number of nitrogens with one attached hydrogen (secondary N) is 2. The van der Waals surface area contributed by atoms with Crippen molar-refractivity contribution in [2.24, 2.45) is 0 Å². The van der Waals surface area contributed by atoms with Crippen LogP contribution in [0.3, 0.4) is 0 Å². The van der Waals surface area contributed by atoms with Crippen LogP contribution < -0.4 is 10.6 Å². The highest BCUT2D eigenvalue weighted by Crippen LogP contribution is 1.84. The van der Waals surface area contributed by atoms with Gasteiger partial charge in [-0.3, -0.25) is 4.79 Å². The van der Waals surface area contributed by atoms with E-state index in [2.05, 4.69) is 24.5 Å². The molecule has 0 bridgehead atoms. The Labute approximate surface area is 172 Å². The summed E-state index contributed by atoms with van der Waals surface area (Å²) in [6.07, 6.45) is 0. The molecule has 9 heteroatoms. The minimum atomic E-state index is -0.168. The first-order valence-electron chi connectivity index (χ1n) is 10.1. The lowest BCUT2D eigenvalue weighted by Gasteiger charge is -2.09. The maximum Gasteiger partial charge on any atom is 0.246 e. The van der Waals surface area contributed by atoms with Crippen molar-refractivity contribution >= 4 is 5.91 Å². The van der Waals surface area contributed by atoms with Gasteiger partial charge in [0.15, 0.2) is 0 Å². The van der Waals surface area contributed by atoms with E-state index in [1.54, 1.807) is 0 Å². The molecule has 0 aliphatic rings. The van der Waals surface area contributed by atoms with Gasteiger partial charge in [0, 0.05) is 28.6 Å². The van der Waals surface area contributed by atoms with E-state index in [4.69, 9.17) is 28.4 Å². The summed E-state index contributed by atoms with van der Waals surface area (Å²) in [6, 6.07) is 0.468. The average Bonchev–Trinajstić information content (AvgIpc) is 2.67. The van der Waals surface area contributed by atoms with E-state index < -0.39 is 0 Å². The third-order valence-corrected chi connectivity index (χ3v) is 3.29. The topological polar surface area (TPSA) is 96.5 Å². The van der Waals surface area contributed by atoms with E-state index in [9.17, 15) is 4.79 Å². The molecule has 0 aliphatic heterocycles. The molecule has 28 heavy (non-hydrogen) atoms. The largest absolute Gasteiger partial charge is 0.379 e. The molecule has 0 rings (SSSR count). The standard InChI is InChI=1S/C19H40N2O7.2H2/c1-4-23-9-10-26-13-14-27-15-16-28-17-19(22)21-6-8-25-12-11-24-7-5-20-18(2)3;;/h18,20H,4-17H2,1-3H3,(H,21,22);2*1H. The van der Waals surface area contributed by atoms with Gasteiger partial charge in [0.25, 0.3) is 0 Å². The minimum Gasteiger partial charge on any atom is -0.379 e. The predicted molar refractivity (Wildman–Crippen MR) is 111 cm³/mol. The summed E-state index contributed by atoms with van der Waals surface area (Å²) in [5.74, 6) is -0.168. The first kappa shape index (κ1) is 27.2. The predicted octanol–water partition coefficient (Wildman–Crippen LogP) is 0.712. The van der Waals surface area contributed by atoms with E-state index in [1.165, 1.54) is 0 Å². The number of hydrogen-bond acceptors (Lipinski definition) is 8. The molecule has 172 valence electrons. The van der Waals surface area contributed by atoms with Crippen molar-refractivity contribution < 1.29 is 36.1 Å². The zero-order chi connectivity index (χ0) is 20.7. The van der Waals surface area contributed by atoms with Crippen molar-refractivity contribution in [3.8, 4) is 0 Å². The van der Waals surface area contributed by atoms with Gasteiger partial charge >= 0.3 is 0 Å². The van der Waals surface area contributed by atoms with Crippen molar-refractivity contribution in [1.82, 2.24) is 10.6 Å². The zero-order valence-electron chi connectivity index (χ0n) is 17.8. The van der Waals surface area contributed by atoms with Gasteiger partial charge in [0.2, 0.25) is 5.91 Å². The second kappa shape index (κ2) is 22.5. The third-order valence-electron chi connectivity index (χ3n) is 3.29. The Morgan fingerprint density at radius 2 is 1.18 bits per heavy atom. The molecule has 0 saturated heterocycles. The van der Waals surface area contributed by atoms with Crippen molar-refractivity contribution in [1.29, 1.82) is 0 Å². The summed E-state index contributed by atoms with van der Waals surface area (Å²) in [5, 5.41) is 6.00. The van der Waals surface area contributed by atoms with E-state index in [1.807, 2.05) is 6.92 Å². The maximum absolute atomic E-state index is 11.6. The van der Waals surface area contributed by atoms with E-state index in [0.717, 1.165) is 6.54 Å². The molecule has 0 spiro atoms. The first-order chi connectivity index (χ1) is 13.7. The van der Waals surface area contributed by atoms with Gasteiger partial charge in [0.05, 0.1) is 66.1 Å². The molecular weight excluding hydrogens is 368 g/mol. The zero-order valence-corrected chi connectivity index (χ0v) is 17.8. The number of carbonyl (C=O) groups is 1. The van der Waals surface area contributed by atoms with Gasteiger partial charge in [-0.15, -0.1) is 0 Å². The highest BCUT2D eigenvalue weighted by atomic mass is 16.6. The number of amides is 1. The molecule has 9 nitrogen and oxygen atoms in total. The van der Waals surface area contributed by atoms with Gasteiger partial charge in [0.1, 0.15) is 6.61 Å². The molecule has 0 saturated carbocycles. The smallest absolute Gasteiger partial charge is 0.246 e.